The molecule has 1 amide bonds. The Morgan fingerprint density at radius 2 is 2.38 bits per heavy atom. The number of likely N-dealkylation sites (tertiary alicyclic amines) is 1. The molecule has 0 spiro atoms. The van der Waals surface area contributed by atoms with Gasteiger partial charge in [-0.1, -0.05) is 13.0 Å². The van der Waals surface area contributed by atoms with Crippen molar-refractivity contribution in [3.63, 3.8) is 0 Å². The molecule has 1 unspecified atom stereocenters. The van der Waals surface area contributed by atoms with Crippen LogP contribution >= 0.6 is 0 Å². The fourth-order valence-electron chi connectivity index (χ4n) is 1.93. The monoisotopic (exact) mass is 223 g/mol. The normalized spacial score (nSPS) is 22.8. The van der Waals surface area contributed by atoms with Crippen LogP contribution < -0.4 is 5.73 Å². The molecule has 1 atom stereocenters. The minimum atomic E-state index is 0.212. The lowest BCUT2D eigenvalue weighted by Gasteiger charge is -2.32. The van der Waals surface area contributed by atoms with E-state index in [1.807, 2.05) is 24.8 Å². The number of hydrogen-bond acceptors (Lipinski definition) is 2. The lowest BCUT2D eigenvalue weighted by atomic mass is 9.97. The number of allylic oxidation sites excluding steroid dienone is 1. The van der Waals surface area contributed by atoms with Crippen molar-refractivity contribution >= 4 is 11.7 Å². The SMILES string of the molecule is C/C=C\N=C(N)C1CCCN(C(=O)CC)C1. The van der Waals surface area contributed by atoms with E-state index in [0.29, 0.717) is 12.3 Å². The average Bonchev–Trinajstić information content (AvgIpc) is 2.35. The highest BCUT2D eigenvalue weighted by Crippen LogP contribution is 2.17. The Morgan fingerprint density at radius 1 is 1.62 bits per heavy atom. The second-order valence-electron chi connectivity index (χ2n) is 4.07. The van der Waals surface area contributed by atoms with E-state index in [4.69, 9.17) is 5.73 Å². The number of carbonyl (C=O) groups excluding carboxylic acids is 1. The number of piperidine rings is 1. The highest BCUT2D eigenvalue weighted by Gasteiger charge is 2.24. The summed E-state index contributed by atoms with van der Waals surface area (Å²) in [6.45, 7) is 5.38. The summed E-state index contributed by atoms with van der Waals surface area (Å²) in [6, 6.07) is 0. The summed E-state index contributed by atoms with van der Waals surface area (Å²) in [5.74, 6) is 1.08. The molecule has 4 nitrogen and oxygen atoms in total. The van der Waals surface area contributed by atoms with E-state index in [1.165, 1.54) is 0 Å². The van der Waals surface area contributed by atoms with Crippen LogP contribution in [0, 0.1) is 5.92 Å². The molecule has 16 heavy (non-hydrogen) atoms. The van der Waals surface area contributed by atoms with Gasteiger partial charge in [-0.2, -0.15) is 0 Å². The van der Waals surface area contributed by atoms with E-state index in [-0.39, 0.29) is 11.8 Å². The van der Waals surface area contributed by atoms with E-state index >= 15 is 0 Å². The predicted octanol–water partition coefficient (Wildman–Crippen LogP) is 1.53. The fourth-order valence-corrected chi connectivity index (χ4v) is 1.93. The second-order valence-corrected chi connectivity index (χ2v) is 4.07. The van der Waals surface area contributed by atoms with Crippen molar-refractivity contribution in [3.8, 4) is 0 Å². The number of nitrogens with two attached hydrogens (primary N) is 1. The lowest BCUT2D eigenvalue weighted by molar-refractivity contribution is -0.132. The van der Waals surface area contributed by atoms with Gasteiger partial charge in [-0.25, -0.2) is 4.99 Å². The van der Waals surface area contributed by atoms with Crippen LogP contribution in [0.1, 0.15) is 33.1 Å². The maximum atomic E-state index is 11.6. The Balaban J connectivity index is 2.59. The molecule has 0 aromatic carbocycles. The van der Waals surface area contributed by atoms with Crippen LogP contribution in [0.4, 0.5) is 0 Å². The summed E-state index contributed by atoms with van der Waals surface area (Å²) >= 11 is 0. The molecule has 0 saturated carbocycles. The van der Waals surface area contributed by atoms with Gasteiger partial charge < -0.3 is 10.6 Å². The molecule has 1 fully saturated rings. The summed E-state index contributed by atoms with van der Waals surface area (Å²) in [5, 5.41) is 0. The number of hydrogen-bond donors (Lipinski definition) is 1. The third kappa shape index (κ3) is 3.36. The topological polar surface area (TPSA) is 58.7 Å². The van der Waals surface area contributed by atoms with Crippen LogP contribution in [0.2, 0.25) is 0 Å². The molecule has 0 aromatic heterocycles. The molecule has 0 radical (unpaired) electrons. The Hall–Kier alpha value is -1.32. The fraction of sp³-hybridized carbons (Fsp3) is 0.667. The highest BCUT2D eigenvalue weighted by molar-refractivity contribution is 5.84. The largest absolute Gasteiger partial charge is 0.387 e. The van der Waals surface area contributed by atoms with Gasteiger partial charge in [-0.05, 0) is 19.8 Å². The van der Waals surface area contributed by atoms with E-state index in [2.05, 4.69) is 4.99 Å². The van der Waals surface area contributed by atoms with Gasteiger partial charge in [-0.15, -0.1) is 0 Å². The number of nitrogens with zero attached hydrogens (tertiary/aromatic N) is 2. The Labute approximate surface area is 97.2 Å². The van der Waals surface area contributed by atoms with Gasteiger partial charge in [0, 0.05) is 31.6 Å². The molecule has 0 bridgehead atoms. The third-order valence-corrected chi connectivity index (χ3v) is 2.87. The van der Waals surface area contributed by atoms with E-state index < -0.39 is 0 Å². The number of rotatable bonds is 3. The molecule has 1 heterocycles. The zero-order valence-corrected chi connectivity index (χ0v) is 10.1. The standard InChI is InChI=1S/C12H21N3O/c1-3-7-14-12(13)10-6-5-8-15(9-10)11(16)4-2/h3,7,10H,4-6,8-9H2,1-2H3,(H2,13,14)/b7-3-. The van der Waals surface area contributed by atoms with Crippen molar-refractivity contribution in [1.29, 1.82) is 0 Å². The molecule has 4 heteroatoms. The molecule has 1 saturated heterocycles. The van der Waals surface area contributed by atoms with Crippen molar-refractivity contribution < 1.29 is 4.79 Å². The van der Waals surface area contributed by atoms with Gasteiger partial charge in [0.15, 0.2) is 0 Å². The highest BCUT2D eigenvalue weighted by atomic mass is 16.2. The van der Waals surface area contributed by atoms with Crippen LogP contribution in [0.25, 0.3) is 0 Å². The van der Waals surface area contributed by atoms with Gasteiger partial charge in [-0.3, -0.25) is 4.79 Å². The molecular formula is C12H21N3O. The molecular weight excluding hydrogens is 202 g/mol. The van der Waals surface area contributed by atoms with E-state index in [1.54, 1.807) is 6.20 Å². The molecule has 2 N–H and O–H groups in total. The van der Waals surface area contributed by atoms with Crippen molar-refractivity contribution in [2.24, 2.45) is 16.6 Å². The first kappa shape index (κ1) is 12.7. The first-order valence-corrected chi connectivity index (χ1v) is 5.91. The molecule has 90 valence electrons. The molecule has 1 rings (SSSR count). The van der Waals surface area contributed by atoms with E-state index in [9.17, 15) is 4.79 Å². The first-order valence-electron chi connectivity index (χ1n) is 5.91. The summed E-state index contributed by atoms with van der Waals surface area (Å²) in [7, 11) is 0. The van der Waals surface area contributed by atoms with Crippen LogP contribution in [0.5, 0.6) is 0 Å². The van der Waals surface area contributed by atoms with Crippen molar-refractivity contribution in [3.05, 3.63) is 12.3 Å². The molecule has 0 aromatic rings. The predicted molar refractivity (Wildman–Crippen MR) is 66.0 cm³/mol. The Kier molecular flexibility index (Phi) is 5.02. The third-order valence-electron chi connectivity index (χ3n) is 2.87. The van der Waals surface area contributed by atoms with Crippen LogP contribution in [0.3, 0.4) is 0 Å². The van der Waals surface area contributed by atoms with Crippen molar-refractivity contribution in [2.45, 2.75) is 33.1 Å². The van der Waals surface area contributed by atoms with Crippen LogP contribution in [0.15, 0.2) is 17.3 Å². The Bertz CT molecular complexity index is 297. The lowest BCUT2D eigenvalue weighted by Crippen LogP contribution is -2.43. The second kappa shape index (κ2) is 6.30. The van der Waals surface area contributed by atoms with Gasteiger partial charge in [0.1, 0.15) is 5.84 Å². The molecule has 1 aliphatic heterocycles. The van der Waals surface area contributed by atoms with Gasteiger partial charge in [0.05, 0.1) is 0 Å². The summed E-state index contributed by atoms with van der Waals surface area (Å²) < 4.78 is 0. The van der Waals surface area contributed by atoms with Crippen LogP contribution in [-0.4, -0.2) is 29.7 Å². The van der Waals surface area contributed by atoms with Crippen molar-refractivity contribution in [1.82, 2.24) is 4.90 Å². The van der Waals surface area contributed by atoms with Gasteiger partial charge in [0.2, 0.25) is 5.91 Å². The maximum absolute atomic E-state index is 11.6. The average molecular weight is 223 g/mol. The first-order chi connectivity index (χ1) is 7.69. The smallest absolute Gasteiger partial charge is 0.222 e. The summed E-state index contributed by atoms with van der Waals surface area (Å²) in [5.41, 5.74) is 5.90. The zero-order chi connectivity index (χ0) is 12.0. The zero-order valence-electron chi connectivity index (χ0n) is 10.1. The summed E-state index contributed by atoms with van der Waals surface area (Å²) in [6.07, 6.45) is 6.17. The van der Waals surface area contributed by atoms with Gasteiger partial charge >= 0.3 is 0 Å². The van der Waals surface area contributed by atoms with Crippen LogP contribution in [-0.2, 0) is 4.79 Å². The number of carbonyl (C=O) groups is 1. The Morgan fingerprint density at radius 3 is 3.00 bits per heavy atom. The number of aliphatic imine (C=N–C) groups is 1. The van der Waals surface area contributed by atoms with Gasteiger partial charge in [0.25, 0.3) is 0 Å². The number of amidine groups is 1. The molecule has 1 aliphatic rings. The maximum Gasteiger partial charge on any atom is 0.222 e. The minimum Gasteiger partial charge on any atom is -0.387 e. The molecule has 0 aliphatic carbocycles. The number of amides is 1. The van der Waals surface area contributed by atoms with Crippen molar-refractivity contribution in [2.75, 3.05) is 13.1 Å². The van der Waals surface area contributed by atoms with E-state index in [0.717, 1.165) is 25.9 Å². The quantitative estimate of drug-likeness (QED) is 0.582. The summed E-state index contributed by atoms with van der Waals surface area (Å²) in [4.78, 5) is 17.6. The minimum absolute atomic E-state index is 0.212.